The van der Waals surface area contributed by atoms with E-state index in [1.165, 1.54) is 16.0 Å². The Morgan fingerprint density at radius 2 is 1.40 bits per heavy atom. The second kappa shape index (κ2) is 10.9. The normalized spacial score (nSPS) is 10.8. The standard InChI is InChI=1S/C24H28N3O2.BrH/c1-26(2)24(28)29-23-15-10-16-25-22(23)19-27(3,17-20-11-6-4-7-12-20)18-21-13-8-5-9-14-21;/h4-16H,17-19H2,1-3H3;1H/q+1;/p-1. The summed E-state index contributed by atoms with van der Waals surface area (Å²) in [7, 11) is 5.55. The lowest BCUT2D eigenvalue weighted by atomic mass is 10.1. The number of benzene rings is 2. The van der Waals surface area contributed by atoms with Crippen molar-refractivity contribution in [2.45, 2.75) is 19.6 Å². The van der Waals surface area contributed by atoms with E-state index < -0.39 is 6.09 Å². The number of amides is 1. The van der Waals surface area contributed by atoms with Crippen molar-refractivity contribution in [1.82, 2.24) is 9.88 Å². The van der Waals surface area contributed by atoms with E-state index in [-0.39, 0.29) is 17.0 Å². The minimum Gasteiger partial charge on any atom is -1.00 e. The zero-order valence-electron chi connectivity index (χ0n) is 17.7. The second-order valence-electron chi connectivity index (χ2n) is 7.78. The molecule has 0 fully saturated rings. The van der Waals surface area contributed by atoms with Gasteiger partial charge >= 0.3 is 6.09 Å². The summed E-state index contributed by atoms with van der Waals surface area (Å²) < 4.78 is 6.27. The molecule has 3 rings (SSSR count). The van der Waals surface area contributed by atoms with Gasteiger partial charge in [-0.3, -0.25) is 4.98 Å². The van der Waals surface area contributed by atoms with E-state index in [9.17, 15) is 4.79 Å². The fourth-order valence-electron chi connectivity index (χ4n) is 3.40. The first-order valence-electron chi connectivity index (χ1n) is 9.70. The molecule has 6 heteroatoms. The van der Waals surface area contributed by atoms with Crippen molar-refractivity contribution in [3.63, 3.8) is 0 Å². The Bertz CT molecular complexity index is 892. The molecular formula is C24H28BrN3O2. The molecule has 0 aliphatic carbocycles. The highest BCUT2D eigenvalue weighted by Crippen LogP contribution is 2.25. The van der Waals surface area contributed by atoms with E-state index in [1.807, 2.05) is 12.1 Å². The highest BCUT2D eigenvalue weighted by Gasteiger charge is 2.26. The van der Waals surface area contributed by atoms with E-state index >= 15 is 0 Å². The molecular weight excluding hydrogens is 442 g/mol. The molecule has 0 spiro atoms. The van der Waals surface area contributed by atoms with Crippen LogP contribution in [0.1, 0.15) is 16.8 Å². The molecule has 0 atom stereocenters. The van der Waals surface area contributed by atoms with E-state index in [1.54, 1.807) is 32.4 Å². The molecule has 1 heterocycles. The number of halogens is 1. The zero-order valence-corrected chi connectivity index (χ0v) is 19.2. The molecule has 0 saturated heterocycles. The van der Waals surface area contributed by atoms with Crippen LogP contribution in [0, 0.1) is 0 Å². The Morgan fingerprint density at radius 3 is 1.90 bits per heavy atom. The number of quaternary nitrogens is 1. The van der Waals surface area contributed by atoms with Gasteiger partial charge in [-0.05, 0) is 12.1 Å². The van der Waals surface area contributed by atoms with Gasteiger partial charge in [0.15, 0.2) is 5.75 Å². The second-order valence-corrected chi connectivity index (χ2v) is 7.78. The van der Waals surface area contributed by atoms with E-state index in [2.05, 4.69) is 60.6 Å². The lowest BCUT2D eigenvalue weighted by molar-refractivity contribution is -0.948. The minimum absolute atomic E-state index is 0. The van der Waals surface area contributed by atoms with Gasteiger partial charge in [0.1, 0.15) is 25.3 Å². The van der Waals surface area contributed by atoms with Gasteiger partial charge in [0.05, 0.1) is 7.05 Å². The summed E-state index contributed by atoms with van der Waals surface area (Å²) in [6.07, 6.45) is 1.34. The maximum absolute atomic E-state index is 12.1. The number of pyridine rings is 1. The van der Waals surface area contributed by atoms with Crippen molar-refractivity contribution >= 4 is 6.09 Å². The van der Waals surface area contributed by atoms with Crippen molar-refractivity contribution in [1.29, 1.82) is 0 Å². The Kier molecular flexibility index (Phi) is 8.57. The molecule has 2 aromatic carbocycles. The topological polar surface area (TPSA) is 42.4 Å². The lowest BCUT2D eigenvalue weighted by Gasteiger charge is -2.35. The summed E-state index contributed by atoms with van der Waals surface area (Å²) in [5, 5.41) is 0. The van der Waals surface area contributed by atoms with Gasteiger partial charge in [0.2, 0.25) is 0 Å². The number of hydrogen-bond acceptors (Lipinski definition) is 3. The van der Waals surface area contributed by atoms with Crippen molar-refractivity contribution in [2.75, 3.05) is 21.1 Å². The van der Waals surface area contributed by atoms with Crippen LogP contribution in [0.5, 0.6) is 5.75 Å². The maximum atomic E-state index is 12.1. The largest absolute Gasteiger partial charge is 1.00 e. The van der Waals surface area contributed by atoms with Crippen LogP contribution < -0.4 is 21.7 Å². The first kappa shape index (κ1) is 23.6. The van der Waals surface area contributed by atoms with Crippen molar-refractivity contribution in [2.24, 2.45) is 0 Å². The number of rotatable bonds is 7. The molecule has 1 amide bonds. The average Bonchev–Trinajstić information content (AvgIpc) is 2.70. The van der Waals surface area contributed by atoms with Gasteiger partial charge in [0, 0.05) is 31.4 Å². The SMILES string of the molecule is CN(C)C(=O)Oc1cccnc1C[N+](C)(Cc1ccccc1)Cc1ccccc1.[Br-]. The highest BCUT2D eigenvalue weighted by molar-refractivity contribution is 5.70. The third-order valence-electron chi connectivity index (χ3n) is 4.76. The van der Waals surface area contributed by atoms with Gasteiger partial charge in [-0.25, -0.2) is 4.79 Å². The summed E-state index contributed by atoms with van der Waals surface area (Å²) in [4.78, 5) is 18.0. The maximum Gasteiger partial charge on any atom is 0.414 e. The average molecular weight is 470 g/mol. The van der Waals surface area contributed by atoms with E-state index in [0.717, 1.165) is 18.8 Å². The van der Waals surface area contributed by atoms with Crippen molar-refractivity contribution in [3.8, 4) is 5.75 Å². The van der Waals surface area contributed by atoms with Gasteiger partial charge in [-0.15, -0.1) is 0 Å². The molecule has 30 heavy (non-hydrogen) atoms. The van der Waals surface area contributed by atoms with Crippen LogP contribution in [-0.4, -0.2) is 41.6 Å². The molecule has 0 N–H and O–H groups in total. The summed E-state index contributed by atoms with van der Waals surface area (Å²) >= 11 is 0. The zero-order chi connectivity index (χ0) is 20.7. The minimum atomic E-state index is -0.403. The smallest absolute Gasteiger partial charge is 0.414 e. The number of hydrogen-bond donors (Lipinski definition) is 0. The van der Waals surface area contributed by atoms with Gasteiger partial charge in [-0.2, -0.15) is 0 Å². The van der Waals surface area contributed by atoms with Crippen LogP contribution in [-0.2, 0) is 19.6 Å². The predicted molar refractivity (Wildman–Crippen MR) is 114 cm³/mol. The Morgan fingerprint density at radius 1 is 0.867 bits per heavy atom. The number of ether oxygens (including phenoxy) is 1. The first-order chi connectivity index (χ1) is 14.0. The molecule has 3 aromatic rings. The molecule has 0 radical (unpaired) electrons. The van der Waals surface area contributed by atoms with Crippen LogP contribution >= 0.6 is 0 Å². The Hall–Kier alpha value is -2.70. The predicted octanol–water partition coefficient (Wildman–Crippen LogP) is 1.49. The molecule has 158 valence electrons. The van der Waals surface area contributed by atoms with E-state index in [4.69, 9.17) is 4.74 Å². The van der Waals surface area contributed by atoms with Crippen LogP contribution in [0.4, 0.5) is 4.79 Å². The number of nitrogens with zero attached hydrogens (tertiary/aromatic N) is 3. The van der Waals surface area contributed by atoms with Gasteiger partial charge < -0.3 is 31.1 Å². The molecule has 1 aromatic heterocycles. The molecule has 0 aliphatic heterocycles. The molecule has 0 aliphatic rings. The molecule has 0 unspecified atom stereocenters. The third-order valence-corrected chi connectivity index (χ3v) is 4.76. The third kappa shape index (κ3) is 6.68. The van der Waals surface area contributed by atoms with Crippen LogP contribution in [0.25, 0.3) is 0 Å². The summed E-state index contributed by atoms with van der Waals surface area (Å²) in [6.45, 7) is 2.32. The van der Waals surface area contributed by atoms with Gasteiger partial charge in [0.25, 0.3) is 0 Å². The molecule has 5 nitrogen and oxygen atoms in total. The van der Waals surface area contributed by atoms with Crippen LogP contribution in [0.15, 0.2) is 79.0 Å². The highest BCUT2D eigenvalue weighted by atomic mass is 79.9. The quantitative estimate of drug-likeness (QED) is 0.492. The van der Waals surface area contributed by atoms with Crippen molar-refractivity contribution < 1.29 is 31.0 Å². The summed E-state index contributed by atoms with van der Waals surface area (Å²) in [5.41, 5.74) is 3.29. The van der Waals surface area contributed by atoms with Crippen LogP contribution in [0.2, 0.25) is 0 Å². The number of aromatic nitrogens is 1. The molecule has 0 bridgehead atoms. The molecule has 0 saturated carbocycles. The van der Waals surface area contributed by atoms with E-state index in [0.29, 0.717) is 16.8 Å². The number of carbonyl (C=O) groups is 1. The van der Waals surface area contributed by atoms with Crippen LogP contribution in [0.3, 0.4) is 0 Å². The number of carbonyl (C=O) groups excluding carboxylic acids is 1. The Balaban J connectivity index is 0.00000320. The fraction of sp³-hybridized carbons (Fsp3) is 0.250. The first-order valence-corrected chi connectivity index (χ1v) is 9.70. The lowest BCUT2D eigenvalue weighted by Crippen LogP contribution is -3.00. The fourth-order valence-corrected chi connectivity index (χ4v) is 3.40. The van der Waals surface area contributed by atoms with Gasteiger partial charge in [-0.1, -0.05) is 60.7 Å². The van der Waals surface area contributed by atoms with Crippen molar-refractivity contribution in [3.05, 3.63) is 95.8 Å². The Labute approximate surface area is 189 Å². The summed E-state index contributed by atoms with van der Waals surface area (Å²) in [5.74, 6) is 0.511. The monoisotopic (exact) mass is 469 g/mol. The summed E-state index contributed by atoms with van der Waals surface area (Å²) in [6, 6.07) is 24.5.